The second kappa shape index (κ2) is 5.71. The van der Waals surface area contributed by atoms with E-state index in [0.717, 1.165) is 17.9 Å². The molecule has 0 amide bonds. The van der Waals surface area contributed by atoms with Crippen LogP contribution < -0.4 is 9.88 Å². The highest BCUT2D eigenvalue weighted by molar-refractivity contribution is 7.90. The largest absolute Gasteiger partial charge is 0.598 e. The minimum absolute atomic E-state index is 0.211. The number of ether oxygens (including phenoxy) is 1. The smallest absolute Gasteiger partial charge is 0.140 e. The molecule has 1 heterocycles. The lowest BCUT2D eigenvalue weighted by Crippen LogP contribution is -2.38. The third-order valence-electron chi connectivity index (χ3n) is 2.84. The highest BCUT2D eigenvalue weighted by Gasteiger charge is 2.32. The number of nitrogens with two attached hydrogens (primary N) is 1. The minimum Gasteiger partial charge on any atom is -0.598 e. The normalized spacial score (nSPS) is 15.4. The molecular weight excluding hydrogens is 236 g/mol. The fourth-order valence-corrected chi connectivity index (χ4v) is 2.14. The number of hydrogen-bond donors (Lipinski definition) is 1. The maximum absolute atomic E-state index is 11.4. The second-order valence-electron chi connectivity index (χ2n) is 4.79. The molecule has 2 N–H and O–H groups in total. The van der Waals surface area contributed by atoms with Gasteiger partial charge < -0.3 is 9.29 Å². The molecule has 1 aromatic heterocycles. The summed E-state index contributed by atoms with van der Waals surface area (Å²) in [5.74, 6) is 0.950. The Bertz CT molecular complexity index is 352. The van der Waals surface area contributed by atoms with Gasteiger partial charge in [-0.15, -0.1) is 0 Å². The van der Waals surface area contributed by atoms with Crippen molar-refractivity contribution in [2.45, 2.75) is 37.9 Å². The summed E-state index contributed by atoms with van der Waals surface area (Å²) >= 11 is -1.33. The lowest BCUT2D eigenvalue weighted by molar-refractivity contribution is 0.412. The molecule has 0 saturated carbocycles. The van der Waals surface area contributed by atoms with Gasteiger partial charge in [-0.1, -0.05) is 6.92 Å². The van der Waals surface area contributed by atoms with Crippen LogP contribution in [-0.4, -0.2) is 21.4 Å². The van der Waals surface area contributed by atoms with Crippen molar-refractivity contribution < 1.29 is 9.29 Å². The van der Waals surface area contributed by atoms with Crippen LogP contribution in [0.25, 0.3) is 0 Å². The van der Waals surface area contributed by atoms with Gasteiger partial charge in [0, 0.05) is 29.4 Å². The molecule has 4 nitrogen and oxygen atoms in total. The van der Waals surface area contributed by atoms with Gasteiger partial charge in [-0.05, 0) is 26.0 Å². The topological polar surface area (TPSA) is 71.2 Å². The van der Waals surface area contributed by atoms with Crippen LogP contribution in [-0.2, 0) is 11.4 Å². The molecular formula is C12H20N2O2S. The Morgan fingerprint density at radius 3 is 2.59 bits per heavy atom. The van der Waals surface area contributed by atoms with E-state index in [1.807, 2.05) is 26.0 Å². The van der Waals surface area contributed by atoms with Crippen LogP contribution >= 0.6 is 0 Å². The first-order chi connectivity index (χ1) is 7.86. The van der Waals surface area contributed by atoms with Crippen LogP contribution in [0.4, 0.5) is 0 Å². The third-order valence-corrected chi connectivity index (χ3v) is 4.10. The van der Waals surface area contributed by atoms with Crippen LogP contribution in [0.1, 0.15) is 38.8 Å². The summed E-state index contributed by atoms with van der Waals surface area (Å²) < 4.78 is 16.0. The van der Waals surface area contributed by atoms with Gasteiger partial charge in [-0.2, -0.15) is 5.14 Å². The summed E-state index contributed by atoms with van der Waals surface area (Å²) in [6, 6.07) is 3.81. The molecule has 1 rings (SSSR count). The quantitative estimate of drug-likeness (QED) is 0.818. The molecule has 2 atom stereocenters. The molecule has 5 heteroatoms. The molecule has 17 heavy (non-hydrogen) atoms. The Balaban J connectivity index is 2.72. The van der Waals surface area contributed by atoms with Crippen molar-refractivity contribution in [2.24, 2.45) is 5.14 Å². The summed E-state index contributed by atoms with van der Waals surface area (Å²) in [4.78, 5) is 4.33. The zero-order chi connectivity index (χ0) is 13.1. The van der Waals surface area contributed by atoms with Gasteiger partial charge in [0.1, 0.15) is 10.5 Å². The van der Waals surface area contributed by atoms with Crippen LogP contribution in [0, 0.1) is 0 Å². The van der Waals surface area contributed by atoms with Gasteiger partial charge in [-0.25, -0.2) is 0 Å². The van der Waals surface area contributed by atoms with Crippen molar-refractivity contribution in [1.82, 2.24) is 4.98 Å². The maximum atomic E-state index is 11.4. The van der Waals surface area contributed by atoms with Gasteiger partial charge in [0.05, 0.1) is 13.3 Å². The summed E-state index contributed by atoms with van der Waals surface area (Å²) in [7, 11) is 1.61. The van der Waals surface area contributed by atoms with Gasteiger partial charge in [0.25, 0.3) is 0 Å². The van der Waals surface area contributed by atoms with Crippen molar-refractivity contribution in [3.63, 3.8) is 0 Å². The molecule has 0 spiro atoms. The van der Waals surface area contributed by atoms with E-state index in [1.54, 1.807) is 13.3 Å². The van der Waals surface area contributed by atoms with E-state index in [0.29, 0.717) is 0 Å². The Kier molecular flexibility index (Phi) is 4.80. The third kappa shape index (κ3) is 3.87. The predicted octanol–water partition coefficient (Wildman–Crippen LogP) is 1.98. The van der Waals surface area contributed by atoms with E-state index in [4.69, 9.17) is 9.88 Å². The summed E-state index contributed by atoms with van der Waals surface area (Å²) in [6.07, 6.45) is 2.42. The molecule has 1 aromatic rings. The molecule has 0 aliphatic heterocycles. The number of methoxy groups -OCH3 is 1. The fourth-order valence-electron chi connectivity index (χ4n) is 1.73. The Labute approximate surface area is 106 Å². The van der Waals surface area contributed by atoms with Crippen LogP contribution in [0.2, 0.25) is 0 Å². The van der Waals surface area contributed by atoms with E-state index < -0.39 is 16.1 Å². The summed E-state index contributed by atoms with van der Waals surface area (Å²) in [5.41, 5.74) is 0.962. The van der Waals surface area contributed by atoms with E-state index >= 15 is 0 Å². The lowest BCUT2D eigenvalue weighted by atomic mass is 9.95. The summed E-state index contributed by atoms with van der Waals surface area (Å²) in [5, 5.41) is 5.47. The Hall–Kier alpha value is -0.780. The average Bonchev–Trinajstić information content (AvgIpc) is 2.28. The van der Waals surface area contributed by atoms with Gasteiger partial charge >= 0.3 is 0 Å². The SMILES string of the molecule is COc1ccc([C@H](C)CC(C)(C)[S@+](N)[O-])nc1. The Morgan fingerprint density at radius 2 is 2.18 bits per heavy atom. The molecule has 0 aromatic carbocycles. The number of aromatic nitrogens is 1. The van der Waals surface area contributed by atoms with E-state index in [2.05, 4.69) is 11.9 Å². The first kappa shape index (κ1) is 14.3. The van der Waals surface area contributed by atoms with Crippen LogP contribution in [0.15, 0.2) is 18.3 Å². The lowest BCUT2D eigenvalue weighted by Gasteiger charge is -2.27. The van der Waals surface area contributed by atoms with Gasteiger partial charge in [-0.3, -0.25) is 4.98 Å². The summed E-state index contributed by atoms with van der Waals surface area (Å²) in [6.45, 7) is 5.87. The molecule has 0 bridgehead atoms. The fraction of sp³-hybridized carbons (Fsp3) is 0.583. The first-order valence-electron chi connectivity index (χ1n) is 5.53. The van der Waals surface area contributed by atoms with Crippen molar-refractivity contribution in [3.05, 3.63) is 24.0 Å². The zero-order valence-electron chi connectivity index (χ0n) is 10.8. The van der Waals surface area contributed by atoms with Crippen LogP contribution in [0.5, 0.6) is 5.75 Å². The standard InChI is InChI=1S/C12H20N2O2S/c1-9(7-12(2,3)17(13)15)11-6-5-10(16-4)8-14-11/h5-6,8-9H,7,13H2,1-4H3/t9-,17-/m1/s1. The van der Waals surface area contributed by atoms with Gasteiger partial charge in [0.15, 0.2) is 0 Å². The van der Waals surface area contributed by atoms with E-state index in [-0.39, 0.29) is 5.92 Å². The van der Waals surface area contributed by atoms with Crippen molar-refractivity contribution >= 4 is 11.4 Å². The second-order valence-corrected chi connectivity index (χ2v) is 6.49. The zero-order valence-corrected chi connectivity index (χ0v) is 11.6. The average molecular weight is 256 g/mol. The molecule has 96 valence electrons. The van der Waals surface area contributed by atoms with Crippen molar-refractivity contribution in [3.8, 4) is 5.75 Å². The molecule has 0 unspecified atom stereocenters. The van der Waals surface area contributed by atoms with Crippen molar-refractivity contribution in [1.29, 1.82) is 0 Å². The number of rotatable bonds is 5. The number of pyridine rings is 1. The molecule has 0 saturated heterocycles. The molecule has 0 fully saturated rings. The molecule has 0 aliphatic rings. The number of nitrogens with zero attached hydrogens (tertiary/aromatic N) is 1. The highest BCUT2D eigenvalue weighted by Crippen LogP contribution is 2.29. The van der Waals surface area contributed by atoms with Gasteiger partial charge in [0.2, 0.25) is 0 Å². The predicted molar refractivity (Wildman–Crippen MR) is 70.2 cm³/mol. The maximum Gasteiger partial charge on any atom is 0.140 e. The van der Waals surface area contributed by atoms with E-state index in [9.17, 15) is 4.55 Å². The monoisotopic (exact) mass is 256 g/mol. The Morgan fingerprint density at radius 1 is 1.53 bits per heavy atom. The molecule has 0 radical (unpaired) electrons. The number of hydrogen-bond acceptors (Lipinski definition) is 4. The van der Waals surface area contributed by atoms with Crippen LogP contribution in [0.3, 0.4) is 0 Å². The highest BCUT2D eigenvalue weighted by atomic mass is 32.2. The van der Waals surface area contributed by atoms with E-state index in [1.165, 1.54) is 0 Å². The minimum atomic E-state index is -1.33. The molecule has 0 aliphatic carbocycles. The first-order valence-corrected chi connectivity index (χ1v) is 6.74. The van der Waals surface area contributed by atoms with Crippen molar-refractivity contribution in [2.75, 3.05) is 7.11 Å².